The van der Waals surface area contributed by atoms with Gasteiger partial charge in [-0.15, -0.1) is 0 Å². The number of nitrogens with two attached hydrogens (primary N) is 2. The summed E-state index contributed by atoms with van der Waals surface area (Å²) in [5.41, 5.74) is 7.24. The fraction of sp³-hybridized carbons (Fsp3) is 0.167. The number of nitrogens with one attached hydrogen (secondary N) is 1. The number of hydrogen-bond donors (Lipinski definition) is 5. The molecule has 0 aliphatic carbocycles. The molecule has 1 amide bonds. The Bertz CT molecular complexity index is 939. The molecule has 0 fully saturated rings. The summed E-state index contributed by atoms with van der Waals surface area (Å²) in [6.07, 6.45) is 3.17. The van der Waals surface area contributed by atoms with Crippen molar-refractivity contribution in [2.75, 3.05) is 6.54 Å². The Hall–Kier alpha value is -3.57. The number of carboxylic acids is 1. The molecule has 3 rings (SSSR count). The number of hydrogen-bond acceptors (Lipinski definition) is 8. The molecule has 11 heteroatoms. The zero-order valence-corrected chi connectivity index (χ0v) is 15.4. The molecule has 7 N–H and O–H groups in total. The highest BCUT2D eigenvalue weighted by Gasteiger charge is 2.37. The van der Waals surface area contributed by atoms with Gasteiger partial charge in [0.05, 0.1) is 22.9 Å². The van der Waals surface area contributed by atoms with E-state index in [-0.39, 0.29) is 30.0 Å². The average Bonchev–Trinajstić information content (AvgIpc) is 2.68. The van der Waals surface area contributed by atoms with E-state index in [1.807, 2.05) is 0 Å². The molecule has 2 heterocycles. The molecule has 1 unspecified atom stereocenters. The first kappa shape index (κ1) is 20.2. The quantitative estimate of drug-likeness (QED) is 0.242. The molecule has 1 aliphatic heterocycles. The van der Waals surface area contributed by atoms with E-state index < -0.39 is 24.9 Å². The molecule has 1 atom stereocenters. The number of para-hydroxylation sites is 1. The summed E-state index contributed by atoms with van der Waals surface area (Å²) < 4.78 is 5.34. The van der Waals surface area contributed by atoms with Crippen LogP contribution in [0.15, 0.2) is 48.8 Å². The van der Waals surface area contributed by atoms with Crippen LogP contribution in [0.5, 0.6) is 5.75 Å². The number of carbonyl (C=O) groups excluding carboxylic acids is 1. The largest absolute Gasteiger partial charge is 0.547 e. The highest BCUT2D eigenvalue weighted by molar-refractivity contribution is 6.47. The highest BCUT2D eigenvalue weighted by Crippen LogP contribution is 2.30. The minimum atomic E-state index is -1.40. The van der Waals surface area contributed by atoms with Crippen molar-refractivity contribution >= 4 is 24.7 Å². The summed E-state index contributed by atoms with van der Waals surface area (Å²) >= 11 is 0. The number of rotatable bonds is 6. The van der Waals surface area contributed by atoms with E-state index >= 15 is 0 Å². The SMILES string of the molecule is N/C(=C\N(N)CC(=O)NC1Cc2cccc(C(=O)O)c2OB1O)c1ccccn1. The van der Waals surface area contributed by atoms with Crippen molar-refractivity contribution in [1.82, 2.24) is 15.3 Å². The van der Waals surface area contributed by atoms with Crippen LogP contribution in [-0.2, 0) is 11.2 Å². The lowest BCUT2D eigenvalue weighted by Gasteiger charge is -2.29. The second kappa shape index (κ2) is 8.63. The van der Waals surface area contributed by atoms with Gasteiger partial charge in [-0.1, -0.05) is 18.2 Å². The second-order valence-corrected chi connectivity index (χ2v) is 6.46. The third-order valence-electron chi connectivity index (χ3n) is 4.29. The van der Waals surface area contributed by atoms with Crippen LogP contribution in [0.1, 0.15) is 21.6 Å². The standard InChI is InChI=1S/C18H20BN5O5/c20-13(14-6-1-2-7-22-14)9-24(21)10-16(25)23-15-8-11-4-3-5-12(18(26)27)17(11)29-19(15)28/h1-7,9,15,28H,8,10,20-21H2,(H,23,25)(H,26,27)/b13-9-. The van der Waals surface area contributed by atoms with Crippen molar-refractivity contribution in [3.8, 4) is 5.75 Å². The van der Waals surface area contributed by atoms with Crippen LogP contribution in [0.25, 0.3) is 5.70 Å². The van der Waals surface area contributed by atoms with Crippen LogP contribution in [0.2, 0.25) is 0 Å². The Balaban J connectivity index is 1.62. The topological polar surface area (TPSA) is 164 Å². The predicted octanol–water partition coefficient (Wildman–Crippen LogP) is -0.648. The number of aromatic carboxylic acids is 1. The zero-order valence-electron chi connectivity index (χ0n) is 15.4. The van der Waals surface area contributed by atoms with Gasteiger partial charge in [-0.05, 0) is 30.2 Å². The van der Waals surface area contributed by atoms with E-state index in [1.165, 1.54) is 12.3 Å². The fourth-order valence-electron chi connectivity index (χ4n) is 2.96. The lowest BCUT2D eigenvalue weighted by molar-refractivity contribution is -0.122. The van der Waals surface area contributed by atoms with Gasteiger partial charge in [0.1, 0.15) is 12.3 Å². The minimum Gasteiger partial charge on any atom is -0.534 e. The first-order valence-electron chi connectivity index (χ1n) is 8.74. The van der Waals surface area contributed by atoms with Gasteiger partial charge in [-0.25, -0.2) is 10.6 Å². The van der Waals surface area contributed by atoms with Gasteiger partial charge < -0.3 is 30.8 Å². The first-order chi connectivity index (χ1) is 13.8. The van der Waals surface area contributed by atoms with Crippen molar-refractivity contribution in [1.29, 1.82) is 0 Å². The smallest absolute Gasteiger partial charge is 0.534 e. The lowest BCUT2D eigenvalue weighted by Crippen LogP contribution is -2.55. The van der Waals surface area contributed by atoms with E-state index in [0.29, 0.717) is 11.3 Å². The van der Waals surface area contributed by atoms with E-state index in [2.05, 4.69) is 10.3 Å². The van der Waals surface area contributed by atoms with Crippen molar-refractivity contribution in [3.05, 3.63) is 65.6 Å². The van der Waals surface area contributed by atoms with Gasteiger partial charge in [-0.2, -0.15) is 0 Å². The molecule has 0 saturated heterocycles. The minimum absolute atomic E-state index is 0.0467. The lowest BCUT2D eigenvalue weighted by atomic mass is 9.72. The maximum Gasteiger partial charge on any atom is 0.547 e. The van der Waals surface area contributed by atoms with Crippen LogP contribution in [0.4, 0.5) is 0 Å². The van der Waals surface area contributed by atoms with Gasteiger partial charge in [0, 0.05) is 12.4 Å². The molecular formula is C18H20BN5O5. The maximum atomic E-state index is 12.3. The van der Waals surface area contributed by atoms with Gasteiger partial charge in [0.25, 0.3) is 0 Å². The van der Waals surface area contributed by atoms with Crippen molar-refractivity contribution in [2.45, 2.75) is 12.4 Å². The summed E-state index contributed by atoms with van der Waals surface area (Å²) in [7, 11) is -1.40. The monoisotopic (exact) mass is 397 g/mol. The third-order valence-corrected chi connectivity index (χ3v) is 4.29. The van der Waals surface area contributed by atoms with E-state index in [1.54, 1.807) is 36.5 Å². The van der Waals surface area contributed by atoms with Gasteiger partial charge in [0.2, 0.25) is 5.91 Å². The van der Waals surface area contributed by atoms with Crippen LogP contribution >= 0.6 is 0 Å². The zero-order chi connectivity index (χ0) is 21.0. The number of fused-ring (bicyclic) bond motifs is 1. The van der Waals surface area contributed by atoms with Crippen LogP contribution < -0.4 is 21.5 Å². The molecule has 1 aliphatic rings. The number of benzene rings is 1. The molecule has 10 nitrogen and oxygen atoms in total. The maximum absolute atomic E-state index is 12.3. The van der Waals surface area contributed by atoms with Gasteiger partial charge in [0.15, 0.2) is 0 Å². The molecule has 1 aromatic heterocycles. The van der Waals surface area contributed by atoms with Crippen LogP contribution in [0.3, 0.4) is 0 Å². The van der Waals surface area contributed by atoms with Crippen LogP contribution in [0, 0.1) is 0 Å². The second-order valence-electron chi connectivity index (χ2n) is 6.46. The number of carbonyl (C=O) groups is 2. The Morgan fingerprint density at radius 2 is 2.14 bits per heavy atom. The molecular weight excluding hydrogens is 377 g/mol. The summed E-state index contributed by atoms with van der Waals surface area (Å²) in [6, 6.07) is 9.87. The van der Waals surface area contributed by atoms with Gasteiger partial charge >= 0.3 is 13.1 Å². The summed E-state index contributed by atoms with van der Waals surface area (Å²) in [4.78, 5) is 27.7. The summed E-state index contributed by atoms with van der Waals surface area (Å²) in [5, 5.41) is 23.1. The van der Waals surface area contributed by atoms with Gasteiger partial charge in [-0.3, -0.25) is 9.78 Å². The number of pyridine rings is 1. The van der Waals surface area contributed by atoms with Crippen molar-refractivity contribution in [2.24, 2.45) is 11.6 Å². The first-order valence-corrected chi connectivity index (χ1v) is 8.74. The third kappa shape index (κ3) is 4.84. The average molecular weight is 397 g/mol. The highest BCUT2D eigenvalue weighted by atomic mass is 16.5. The van der Waals surface area contributed by atoms with E-state index in [9.17, 15) is 19.7 Å². The number of nitrogens with zero attached hydrogens (tertiary/aromatic N) is 2. The molecule has 0 radical (unpaired) electrons. The Labute approximate surface area is 166 Å². The van der Waals surface area contributed by atoms with Crippen molar-refractivity contribution < 1.29 is 24.4 Å². The van der Waals surface area contributed by atoms with Crippen molar-refractivity contribution in [3.63, 3.8) is 0 Å². The number of amides is 1. The van der Waals surface area contributed by atoms with E-state index in [0.717, 1.165) is 5.01 Å². The molecule has 2 aromatic rings. The van der Waals surface area contributed by atoms with E-state index in [4.69, 9.17) is 16.2 Å². The number of carboxylic acid groups (broad SMARTS) is 1. The summed E-state index contributed by atoms with van der Waals surface area (Å²) in [6.45, 7) is -0.223. The Morgan fingerprint density at radius 1 is 1.34 bits per heavy atom. The van der Waals surface area contributed by atoms with Crippen LogP contribution in [-0.4, -0.2) is 51.6 Å². The molecule has 29 heavy (non-hydrogen) atoms. The molecule has 0 bridgehead atoms. The molecule has 0 saturated carbocycles. The number of aromatic nitrogens is 1. The predicted molar refractivity (Wildman–Crippen MR) is 105 cm³/mol. The Morgan fingerprint density at radius 3 is 2.83 bits per heavy atom. The summed E-state index contributed by atoms with van der Waals surface area (Å²) in [5.74, 6) is 3.52. The molecule has 0 spiro atoms. The Kier molecular flexibility index (Phi) is 6.00. The number of hydrazine groups is 1. The normalized spacial score (nSPS) is 15.9. The fourth-order valence-corrected chi connectivity index (χ4v) is 2.96. The molecule has 150 valence electrons. The molecule has 1 aromatic carbocycles.